The Balaban J connectivity index is 2.38. The van der Waals surface area contributed by atoms with Crippen molar-refractivity contribution in [1.29, 1.82) is 0 Å². The second-order valence-electron chi connectivity index (χ2n) is 3.55. The molecule has 4 nitrogen and oxygen atoms in total. The van der Waals surface area contributed by atoms with Crippen molar-refractivity contribution in [1.82, 2.24) is 4.98 Å². The standard InChI is InChI=1S/C12H11N3O/c1-15-6-2-3-10(8-15)11-5-4-9(7-14-11)12(13)16/h2-8H,1H3,(H-,13,16)/p+1. The van der Waals surface area contributed by atoms with Gasteiger partial charge in [0, 0.05) is 12.3 Å². The Morgan fingerprint density at radius 3 is 2.75 bits per heavy atom. The number of primary amides is 1. The summed E-state index contributed by atoms with van der Waals surface area (Å²) in [5.74, 6) is -0.460. The zero-order valence-corrected chi connectivity index (χ0v) is 8.92. The van der Waals surface area contributed by atoms with E-state index in [-0.39, 0.29) is 0 Å². The van der Waals surface area contributed by atoms with Crippen molar-refractivity contribution in [3.05, 3.63) is 48.4 Å². The Bertz CT molecular complexity index is 520. The molecule has 80 valence electrons. The molecule has 0 aliphatic carbocycles. The fourth-order valence-corrected chi connectivity index (χ4v) is 1.45. The third-order valence-electron chi connectivity index (χ3n) is 2.28. The Labute approximate surface area is 93.4 Å². The van der Waals surface area contributed by atoms with E-state index in [0.29, 0.717) is 5.56 Å². The maximum Gasteiger partial charge on any atom is 0.250 e. The molecule has 4 heteroatoms. The monoisotopic (exact) mass is 214 g/mol. The lowest BCUT2D eigenvalue weighted by Crippen LogP contribution is -2.26. The summed E-state index contributed by atoms with van der Waals surface area (Å²) in [7, 11) is 1.95. The summed E-state index contributed by atoms with van der Waals surface area (Å²) in [6, 6.07) is 7.37. The highest BCUT2D eigenvalue weighted by Crippen LogP contribution is 2.14. The van der Waals surface area contributed by atoms with Crippen LogP contribution in [0.3, 0.4) is 0 Å². The van der Waals surface area contributed by atoms with Crippen molar-refractivity contribution < 1.29 is 9.36 Å². The smallest absolute Gasteiger partial charge is 0.250 e. The van der Waals surface area contributed by atoms with Crippen molar-refractivity contribution in [3.63, 3.8) is 0 Å². The molecule has 2 aromatic rings. The van der Waals surface area contributed by atoms with Crippen molar-refractivity contribution in [2.75, 3.05) is 0 Å². The quantitative estimate of drug-likeness (QED) is 0.747. The number of carbonyl (C=O) groups is 1. The number of aromatic nitrogens is 2. The predicted octanol–water partition coefficient (Wildman–Crippen LogP) is 0.672. The van der Waals surface area contributed by atoms with Crippen LogP contribution in [0, 0.1) is 0 Å². The fraction of sp³-hybridized carbons (Fsp3) is 0.0833. The third-order valence-corrected chi connectivity index (χ3v) is 2.28. The normalized spacial score (nSPS) is 10.1. The molecular weight excluding hydrogens is 202 g/mol. The van der Waals surface area contributed by atoms with Crippen LogP contribution in [-0.4, -0.2) is 10.9 Å². The molecule has 0 aromatic carbocycles. The van der Waals surface area contributed by atoms with Gasteiger partial charge in [0.25, 0.3) is 0 Å². The van der Waals surface area contributed by atoms with Gasteiger partial charge in [0.2, 0.25) is 5.91 Å². The van der Waals surface area contributed by atoms with Crippen LogP contribution in [0.2, 0.25) is 0 Å². The molecule has 1 amide bonds. The first-order chi connectivity index (χ1) is 7.66. The Hall–Kier alpha value is -2.23. The molecule has 16 heavy (non-hydrogen) atoms. The van der Waals surface area contributed by atoms with Crippen LogP contribution in [0.4, 0.5) is 0 Å². The fourth-order valence-electron chi connectivity index (χ4n) is 1.45. The predicted molar refractivity (Wildman–Crippen MR) is 59.4 cm³/mol. The summed E-state index contributed by atoms with van der Waals surface area (Å²) < 4.78 is 1.94. The van der Waals surface area contributed by atoms with Gasteiger partial charge in [-0.3, -0.25) is 9.78 Å². The van der Waals surface area contributed by atoms with Gasteiger partial charge in [-0.2, -0.15) is 0 Å². The summed E-state index contributed by atoms with van der Waals surface area (Å²) in [5.41, 5.74) is 7.39. The molecule has 2 aromatic heterocycles. The van der Waals surface area contributed by atoms with E-state index in [9.17, 15) is 4.79 Å². The lowest BCUT2D eigenvalue weighted by Gasteiger charge is -1.99. The number of hydrogen-bond donors (Lipinski definition) is 1. The molecule has 0 bridgehead atoms. The molecule has 0 fully saturated rings. The number of nitrogens with two attached hydrogens (primary N) is 1. The van der Waals surface area contributed by atoms with Gasteiger partial charge in [-0.15, -0.1) is 0 Å². The molecule has 0 aliphatic rings. The maximum atomic E-state index is 10.9. The summed E-state index contributed by atoms with van der Waals surface area (Å²) in [5, 5.41) is 0. The molecule has 0 radical (unpaired) electrons. The third kappa shape index (κ3) is 2.06. The van der Waals surface area contributed by atoms with E-state index >= 15 is 0 Å². The van der Waals surface area contributed by atoms with E-state index < -0.39 is 5.91 Å². The Kier molecular flexibility index (Phi) is 2.64. The lowest BCUT2D eigenvalue weighted by atomic mass is 10.1. The number of aryl methyl sites for hydroxylation is 1. The van der Waals surface area contributed by atoms with Gasteiger partial charge in [0.15, 0.2) is 12.4 Å². The van der Waals surface area contributed by atoms with E-state index in [0.717, 1.165) is 11.3 Å². The molecule has 0 atom stereocenters. The largest absolute Gasteiger partial charge is 0.366 e. The number of carbonyl (C=O) groups excluding carboxylic acids is 1. The second-order valence-corrected chi connectivity index (χ2v) is 3.55. The minimum absolute atomic E-state index is 0.420. The Morgan fingerprint density at radius 1 is 1.38 bits per heavy atom. The van der Waals surface area contributed by atoms with E-state index in [1.54, 1.807) is 12.1 Å². The minimum Gasteiger partial charge on any atom is -0.366 e. The highest BCUT2D eigenvalue weighted by molar-refractivity contribution is 5.92. The first-order valence-electron chi connectivity index (χ1n) is 4.88. The van der Waals surface area contributed by atoms with E-state index in [1.165, 1.54) is 6.20 Å². The van der Waals surface area contributed by atoms with Gasteiger partial charge in [-0.25, -0.2) is 4.57 Å². The van der Waals surface area contributed by atoms with Gasteiger partial charge in [-0.05, 0) is 18.2 Å². The number of pyridine rings is 2. The van der Waals surface area contributed by atoms with Crippen molar-refractivity contribution >= 4 is 5.91 Å². The first kappa shape index (κ1) is 10.3. The van der Waals surface area contributed by atoms with Crippen LogP contribution in [0.5, 0.6) is 0 Å². The van der Waals surface area contributed by atoms with E-state index in [1.807, 2.05) is 36.1 Å². The molecular formula is C12H12N3O+. The SMILES string of the molecule is C[n+]1cccc(-c2ccc(C(N)=O)cn2)c1. The highest BCUT2D eigenvalue weighted by atomic mass is 16.1. The minimum atomic E-state index is -0.460. The molecule has 2 rings (SSSR count). The average molecular weight is 214 g/mol. The zero-order valence-electron chi connectivity index (χ0n) is 8.92. The van der Waals surface area contributed by atoms with E-state index in [4.69, 9.17) is 5.73 Å². The van der Waals surface area contributed by atoms with Crippen molar-refractivity contribution in [2.45, 2.75) is 0 Å². The number of amides is 1. The summed E-state index contributed by atoms with van der Waals surface area (Å²) in [6.45, 7) is 0. The number of hydrogen-bond acceptors (Lipinski definition) is 2. The average Bonchev–Trinajstić information content (AvgIpc) is 2.29. The highest BCUT2D eigenvalue weighted by Gasteiger charge is 2.05. The van der Waals surface area contributed by atoms with Crippen LogP contribution in [0.1, 0.15) is 10.4 Å². The molecule has 0 saturated carbocycles. The van der Waals surface area contributed by atoms with Crippen LogP contribution in [-0.2, 0) is 7.05 Å². The molecule has 0 aliphatic heterocycles. The maximum absolute atomic E-state index is 10.9. The van der Waals surface area contributed by atoms with Crippen LogP contribution < -0.4 is 10.3 Å². The molecule has 0 saturated heterocycles. The topological polar surface area (TPSA) is 59.9 Å². The number of rotatable bonds is 2. The van der Waals surface area contributed by atoms with E-state index in [2.05, 4.69) is 4.98 Å². The van der Waals surface area contributed by atoms with Crippen molar-refractivity contribution in [2.24, 2.45) is 12.8 Å². The molecule has 2 N–H and O–H groups in total. The van der Waals surface area contributed by atoms with Crippen LogP contribution in [0.25, 0.3) is 11.3 Å². The van der Waals surface area contributed by atoms with Crippen LogP contribution >= 0.6 is 0 Å². The summed E-state index contributed by atoms with van der Waals surface area (Å²) in [6.07, 6.45) is 5.40. The van der Waals surface area contributed by atoms with Gasteiger partial charge in [-0.1, -0.05) is 0 Å². The molecule has 2 heterocycles. The Morgan fingerprint density at radius 2 is 2.19 bits per heavy atom. The molecule has 0 spiro atoms. The number of nitrogens with zero attached hydrogens (tertiary/aromatic N) is 2. The van der Waals surface area contributed by atoms with Crippen molar-refractivity contribution in [3.8, 4) is 11.3 Å². The first-order valence-corrected chi connectivity index (χ1v) is 4.88. The second kappa shape index (κ2) is 4.10. The van der Waals surface area contributed by atoms with Gasteiger partial charge in [0.1, 0.15) is 7.05 Å². The van der Waals surface area contributed by atoms with Gasteiger partial charge >= 0.3 is 0 Å². The molecule has 0 unspecified atom stereocenters. The van der Waals surface area contributed by atoms with Crippen LogP contribution in [0.15, 0.2) is 42.9 Å². The zero-order chi connectivity index (χ0) is 11.5. The van der Waals surface area contributed by atoms with Gasteiger partial charge < -0.3 is 5.73 Å². The summed E-state index contributed by atoms with van der Waals surface area (Å²) in [4.78, 5) is 15.1. The summed E-state index contributed by atoms with van der Waals surface area (Å²) >= 11 is 0. The van der Waals surface area contributed by atoms with Gasteiger partial charge in [0.05, 0.1) is 16.8 Å². The lowest BCUT2D eigenvalue weighted by molar-refractivity contribution is -0.671.